The number of furan rings is 1. The van der Waals surface area contributed by atoms with Crippen LogP contribution >= 0.6 is 24.0 Å². The van der Waals surface area contributed by atoms with Gasteiger partial charge < -0.3 is 15.1 Å². The second kappa shape index (κ2) is 10.5. The molecule has 26 heavy (non-hydrogen) atoms. The summed E-state index contributed by atoms with van der Waals surface area (Å²) in [5.41, 5.74) is 0.685. The van der Waals surface area contributed by atoms with E-state index in [-0.39, 0.29) is 24.0 Å². The predicted octanol–water partition coefficient (Wildman–Crippen LogP) is 2.06. The van der Waals surface area contributed by atoms with Crippen LogP contribution in [0.1, 0.15) is 11.3 Å². The van der Waals surface area contributed by atoms with Gasteiger partial charge in [-0.25, -0.2) is 12.7 Å². The lowest BCUT2D eigenvalue weighted by Gasteiger charge is -2.16. The molecule has 2 N–H and O–H groups in total. The first-order valence-corrected chi connectivity index (χ1v) is 9.36. The van der Waals surface area contributed by atoms with Gasteiger partial charge in [-0.15, -0.1) is 24.0 Å². The summed E-state index contributed by atoms with van der Waals surface area (Å²) < 4.78 is 31.3. The molecular formula is C17H25IN4O3S. The summed E-state index contributed by atoms with van der Waals surface area (Å²) in [6.45, 7) is 1.01. The maximum absolute atomic E-state index is 12.4. The highest BCUT2D eigenvalue weighted by molar-refractivity contribution is 14.0. The first-order chi connectivity index (χ1) is 11.9. The van der Waals surface area contributed by atoms with Crippen LogP contribution in [0.15, 0.2) is 57.0 Å². The number of halogens is 1. The minimum absolute atomic E-state index is 0. The molecule has 0 saturated carbocycles. The molecule has 0 fully saturated rings. The van der Waals surface area contributed by atoms with Crippen LogP contribution in [0.4, 0.5) is 0 Å². The van der Waals surface area contributed by atoms with Gasteiger partial charge in [0, 0.05) is 40.7 Å². The molecule has 0 unspecified atom stereocenters. The Kier molecular flexibility index (Phi) is 9.09. The van der Waals surface area contributed by atoms with Gasteiger partial charge in [0.05, 0.1) is 11.2 Å². The summed E-state index contributed by atoms with van der Waals surface area (Å²) in [7, 11) is 1.23. The summed E-state index contributed by atoms with van der Waals surface area (Å²) in [4.78, 5) is 4.44. The number of hydrogen-bond donors (Lipinski definition) is 2. The lowest BCUT2D eigenvalue weighted by molar-refractivity contribution is 0.506. The minimum atomic E-state index is -3.49. The molecule has 0 bridgehead atoms. The van der Waals surface area contributed by atoms with E-state index in [2.05, 4.69) is 15.6 Å². The number of rotatable bonds is 7. The van der Waals surface area contributed by atoms with Crippen LogP contribution in [0.2, 0.25) is 0 Å². The van der Waals surface area contributed by atoms with Gasteiger partial charge in [0.1, 0.15) is 5.76 Å². The molecule has 0 radical (unpaired) electrons. The van der Waals surface area contributed by atoms with Crippen molar-refractivity contribution in [2.24, 2.45) is 4.99 Å². The van der Waals surface area contributed by atoms with E-state index in [1.54, 1.807) is 31.5 Å². The number of hydrogen-bond acceptors (Lipinski definition) is 4. The Hall–Kier alpha value is -1.59. The van der Waals surface area contributed by atoms with Gasteiger partial charge in [0.25, 0.3) is 0 Å². The summed E-state index contributed by atoms with van der Waals surface area (Å²) in [5.74, 6) is 1.49. The van der Waals surface area contributed by atoms with Crippen molar-refractivity contribution in [1.82, 2.24) is 14.9 Å². The third-order valence-electron chi connectivity index (χ3n) is 3.65. The maximum Gasteiger partial charge on any atom is 0.242 e. The van der Waals surface area contributed by atoms with E-state index in [9.17, 15) is 8.42 Å². The van der Waals surface area contributed by atoms with Crippen molar-refractivity contribution in [2.75, 3.05) is 27.7 Å². The molecule has 0 spiro atoms. The summed E-state index contributed by atoms with van der Waals surface area (Å²) in [6, 6.07) is 10.7. The molecule has 0 aliphatic carbocycles. The zero-order valence-electron chi connectivity index (χ0n) is 15.1. The molecule has 0 aliphatic rings. The fraction of sp³-hybridized carbons (Fsp3) is 0.353. The molecule has 0 amide bonds. The van der Waals surface area contributed by atoms with Crippen LogP contribution in [-0.2, 0) is 23.0 Å². The normalized spacial score (nSPS) is 11.9. The zero-order valence-corrected chi connectivity index (χ0v) is 18.2. The van der Waals surface area contributed by atoms with Crippen molar-refractivity contribution in [3.05, 3.63) is 54.0 Å². The number of nitrogens with one attached hydrogen (secondary N) is 2. The standard InChI is InChI=1S/C17H24N4O3S.HI/c1-18-17(19-11-10-15-8-6-12-24-15)20-13-14-7-4-5-9-16(14)25(22,23)21(2)3;/h4-9,12H,10-11,13H2,1-3H3,(H2,18,19,20);1H. The first-order valence-electron chi connectivity index (χ1n) is 7.92. The van der Waals surface area contributed by atoms with Crippen molar-refractivity contribution in [1.29, 1.82) is 0 Å². The molecule has 7 nitrogen and oxygen atoms in total. The highest BCUT2D eigenvalue weighted by Gasteiger charge is 2.20. The van der Waals surface area contributed by atoms with E-state index in [1.165, 1.54) is 18.4 Å². The SMILES string of the molecule is CN=C(NCCc1ccco1)NCc1ccccc1S(=O)(=O)N(C)C.I. The van der Waals surface area contributed by atoms with Crippen LogP contribution in [0, 0.1) is 0 Å². The van der Waals surface area contributed by atoms with Crippen LogP contribution < -0.4 is 10.6 Å². The maximum atomic E-state index is 12.4. The van der Waals surface area contributed by atoms with Crippen LogP contribution in [0.3, 0.4) is 0 Å². The minimum Gasteiger partial charge on any atom is -0.469 e. The molecule has 1 heterocycles. The van der Waals surface area contributed by atoms with Crippen molar-refractivity contribution in [2.45, 2.75) is 17.9 Å². The summed E-state index contributed by atoms with van der Waals surface area (Å²) >= 11 is 0. The summed E-state index contributed by atoms with van der Waals surface area (Å²) in [6.07, 6.45) is 2.38. The molecule has 0 atom stereocenters. The lowest BCUT2D eigenvalue weighted by Crippen LogP contribution is -2.38. The van der Waals surface area contributed by atoms with E-state index in [1.807, 2.05) is 18.2 Å². The van der Waals surface area contributed by atoms with Crippen molar-refractivity contribution in [3.63, 3.8) is 0 Å². The Labute approximate surface area is 171 Å². The average molecular weight is 492 g/mol. The second-order valence-electron chi connectivity index (χ2n) is 5.58. The number of benzene rings is 1. The molecule has 2 aromatic rings. The van der Waals surface area contributed by atoms with E-state index in [0.717, 1.165) is 12.2 Å². The molecule has 144 valence electrons. The van der Waals surface area contributed by atoms with Crippen molar-refractivity contribution < 1.29 is 12.8 Å². The molecule has 9 heteroatoms. The van der Waals surface area contributed by atoms with Crippen LogP contribution in [-0.4, -0.2) is 46.4 Å². The molecule has 1 aromatic carbocycles. The smallest absolute Gasteiger partial charge is 0.242 e. The number of nitrogens with zero attached hydrogens (tertiary/aromatic N) is 2. The van der Waals surface area contributed by atoms with Crippen molar-refractivity contribution >= 4 is 40.0 Å². The Bertz CT molecular complexity index is 805. The Morgan fingerprint density at radius 2 is 1.88 bits per heavy atom. The fourth-order valence-electron chi connectivity index (χ4n) is 2.26. The highest BCUT2D eigenvalue weighted by Crippen LogP contribution is 2.18. The van der Waals surface area contributed by atoms with Gasteiger partial charge in [0.15, 0.2) is 5.96 Å². The van der Waals surface area contributed by atoms with E-state index < -0.39 is 10.0 Å². The summed E-state index contributed by atoms with van der Waals surface area (Å²) in [5, 5.41) is 6.32. The highest BCUT2D eigenvalue weighted by atomic mass is 127. The van der Waals surface area contributed by atoms with Gasteiger partial charge in [-0.3, -0.25) is 4.99 Å². The molecule has 0 aliphatic heterocycles. The third kappa shape index (κ3) is 5.99. The van der Waals surface area contributed by atoms with E-state index >= 15 is 0 Å². The van der Waals surface area contributed by atoms with Gasteiger partial charge in [0.2, 0.25) is 10.0 Å². The van der Waals surface area contributed by atoms with Gasteiger partial charge in [-0.1, -0.05) is 18.2 Å². The number of guanidine groups is 1. The average Bonchev–Trinajstić information content (AvgIpc) is 3.11. The van der Waals surface area contributed by atoms with E-state index in [4.69, 9.17) is 4.42 Å². The Morgan fingerprint density at radius 1 is 1.15 bits per heavy atom. The van der Waals surface area contributed by atoms with Crippen LogP contribution in [0.25, 0.3) is 0 Å². The largest absolute Gasteiger partial charge is 0.469 e. The first kappa shape index (κ1) is 22.5. The number of sulfonamides is 1. The Morgan fingerprint density at radius 3 is 2.50 bits per heavy atom. The molecular weight excluding hydrogens is 467 g/mol. The molecule has 1 aromatic heterocycles. The topological polar surface area (TPSA) is 86.9 Å². The van der Waals surface area contributed by atoms with Gasteiger partial charge >= 0.3 is 0 Å². The zero-order chi connectivity index (χ0) is 18.3. The van der Waals surface area contributed by atoms with Crippen molar-refractivity contribution in [3.8, 4) is 0 Å². The van der Waals surface area contributed by atoms with Crippen LogP contribution in [0.5, 0.6) is 0 Å². The second-order valence-corrected chi connectivity index (χ2v) is 7.70. The molecule has 2 rings (SSSR count). The Balaban J connectivity index is 0.00000338. The van der Waals surface area contributed by atoms with E-state index in [0.29, 0.717) is 29.5 Å². The quantitative estimate of drug-likeness (QED) is 0.351. The number of aliphatic imine (C=N–C) groups is 1. The van der Waals surface area contributed by atoms with Gasteiger partial charge in [-0.05, 0) is 23.8 Å². The monoisotopic (exact) mass is 492 g/mol. The lowest BCUT2D eigenvalue weighted by atomic mass is 10.2. The fourth-order valence-corrected chi connectivity index (χ4v) is 3.37. The molecule has 0 saturated heterocycles. The predicted molar refractivity (Wildman–Crippen MR) is 113 cm³/mol. The third-order valence-corrected chi connectivity index (χ3v) is 5.56. The van der Waals surface area contributed by atoms with Gasteiger partial charge in [-0.2, -0.15) is 0 Å².